The van der Waals surface area contributed by atoms with E-state index >= 15 is 0 Å². The van der Waals surface area contributed by atoms with Gasteiger partial charge in [0.15, 0.2) is 0 Å². The Balaban J connectivity index is 1.84. The van der Waals surface area contributed by atoms with E-state index in [1.807, 2.05) is 31.2 Å². The summed E-state index contributed by atoms with van der Waals surface area (Å²) >= 11 is 0. The van der Waals surface area contributed by atoms with Crippen molar-refractivity contribution in [3.8, 4) is 5.75 Å². The standard InChI is InChI=1S/C23H27N3O3/c1-16-6-10-21(29-2)17(14-16)8-11-22(27)25-19-15-18(23(24)28)7-9-20(19)26-12-4-3-5-13-26/h6-11,14-15H,3-5,12-13H2,1-2H3,(H2,24,28)(H,25,27). The Hall–Kier alpha value is -3.28. The maximum absolute atomic E-state index is 12.6. The van der Waals surface area contributed by atoms with Crippen molar-refractivity contribution in [3.63, 3.8) is 0 Å². The Morgan fingerprint density at radius 3 is 2.55 bits per heavy atom. The Kier molecular flexibility index (Phi) is 6.54. The van der Waals surface area contributed by atoms with E-state index in [0.717, 1.165) is 42.7 Å². The maximum atomic E-state index is 12.6. The summed E-state index contributed by atoms with van der Waals surface area (Å²) < 4.78 is 5.35. The van der Waals surface area contributed by atoms with Gasteiger partial charge in [-0.3, -0.25) is 9.59 Å². The van der Waals surface area contributed by atoms with Gasteiger partial charge in [-0.05, 0) is 62.6 Å². The van der Waals surface area contributed by atoms with Crippen LogP contribution in [0.2, 0.25) is 0 Å². The van der Waals surface area contributed by atoms with Crippen molar-refractivity contribution in [2.45, 2.75) is 26.2 Å². The molecule has 152 valence electrons. The molecule has 0 saturated carbocycles. The summed E-state index contributed by atoms with van der Waals surface area (Å²) in [6, 6.07) is 11.0. The molecule has 29 heavy (non-hydrogen) atoms. The van der Waals surface area contributed by atoms with Crippen LogP contribution < -0.4 is 20.7 Å². The van der Waals surface area contributed by atoms with E-state index in [0.29, 0.717) is 17.0 Å². The quantitative estimate of drug-likeness (QED) is 0.732. The Bertz CT molecular complexity index is 931. The highest BCUT2D eigenvalue weighted by atomic mass is 16.5. The first-order valence-electron chi connectivity index (χ1n) is 9.80. The van der Waals surface area contributed by atoms with Gasteiger partial charge in [0.2, 0.25) is 11.8 Å². The number of carbonyl (C=O) groups excluding carboxylic acids is 2. The molecule has 1 aliphatic rings. The molecule has 2 aromatic carbocycles. The number of aryl methyl sites for hydroxylation is 1. The molecular formula is C23H27N3O3. The van der Waals surface area contributed by atoms with Gasteiger partial charge < -0.3 is 20.7 Å². The molecular weight excluding hydrogens is 366 g/mol. The summed E-state index contributed by atoms with van der Waals surface area (Å²) in [5.74, 6) is -0.108. The van der Waals surface area contributed by atoms with Crippen LogP contribution in [0.1, 0.15) is 40.7 Å². The van der Waals surface area contributed by atoms with Gasteiger partial charge in [0.05, 0.1) is 18.5 Å². The molecule has 0 aromatic heterocycles. The smallest absolute Gasteiger partial charge is 0.248 e. The molecule has 1 heterocycles. The molecule has 0 unspecified atom stereocenters. The number of nitrogens with two attached hydrogens (primary N) is 1. The molecule has 0 aliphatic carbocycles. The molecule has 0 spiro atoms. The second-order valence-electron chi connectivity index (χ2n) is 7.21. The number of carbonyl (C=O) groups is 2. The average molecular weight is 393 g/mol. The molecule has 6 heteroatoms. The predicted molar refractivity (Wildman–Crippen MR) is 116 cm³/mol. The first-order chi connectivity index (χ1) is 14.0. The summed E-state index contributed by atoms with van der Waals surface area (Å²) in [4.78, 5) is 26.5. The monoisotopic (exact) mass is 393 g/mol. The lowest BCUT2D eigenvalue weighted by molar-refractivity contribution is -0.111. The number of primary amides is 1. The number of piperidine rings is 1. The van der Waals surface area contributed by atoms with E-state index in [4.69, 9.17) is 10.5 Å². The topological polar surface area (TPSA) is 84.7 Å². The highest BCUT2D eigenvalue weighted by molar-refractivity contribution is 6.05. The van der Waals surface area contributed by atoms with Crippen LogP contribution in [-0.4, -0.2) is 32.0 Å². The molecule has 1 saturated heterocycles. The second kappa shape index (κ2) is 9.28. The van der Waals surface area contributed by atoms with E-state index in [1.54, 1.807) is 25.3 Å². The van der Waals surface area contributed by atoms with Gasteiger partial charge in [0.1, 0.15) is 5.75 Å². The summed E-state index contributed by atoms with van der Waals surface area (Å²) in [6.07, 6.45) is 6.61. The van der Waals surface area contributed by atoms with Crippen LogP contribution in [0.15, 0.2) is 42.5 Å². The molecule has 3 rings (SSSR count). The third-order valence-corrected chi connectivity index (χ3v) is 5.04. The predicted octanol–water partition coefficient (Wildman–Crippen LogP) is 3.74. The van der Waals surface area contributed by atoms with Gasteiger partial charge in [-0.2, -0.15) is 0 Å². The first-order valence-corrected chi connectivity index (χ1v) is 9.80. The molecule has 6 nitrogen and oxygen atoms in total. The number of hydrogen-bond acceptors (Lipinski definition) is 4. The van der Waals surface area contributed by atoms with Crippen molar-refractivity contribution in [1.82, 2.24) is 0 Å². The number of amides is 2. The highest BCUT2D eigenvalue weighted by Gasteiger charge is 2.17. The minimum absolute atomic E-state index is 0.284. The Labute approximate surface area is 171 Å². The van der Waals surface area contributed by atoms with Gasteiger partial charge >= 0.3 is 0 Å². The van der Waals surface area contributed by atoms with E-state index in [9.17, 15) is 9.59 Å². The van der Waals surface area contributed by atoms with Crippen LogP contribution >= 0.6 is 0 Å². The van der Waals surface area contributed by atoms with E-state index in [2.05, 4.69) is 10.2 Å². The second-order valence-corrected chi connectivity index (χ2v) is 7.21. The fourth-order valence-corrected chi connectivity index (χ4v) is 3.52. The minimum atomic E-state index is -0.522. The molecule has 3 N–H and O–H groups in total. The maximum Gasteiger partial charge on any atom is 0.248 e. The van der Waals surface area contributed by atoms with Gasteiger partial charge in [0, 0.05) is 30.3 Å². The number of hydrogen-bond donors (Lipinski definition) is 2. The zero-order valence-electron chi connectivity index (χ0n) is 16.9. The lowest BCUT2D eigenvalue weighted by atomic mass is 10.1. The summed E-state index contributed by atoms with van der Waals surface area (Å²) in [6.45, 7) is 3.83. The van der Waals surface area contributed by atoms with Crippen LogP contribution in [0.3, 0.4) is 0 Å². The lowest BCUT2D eigenvalue weighted by Gasteiger charge is -2.30. The van der Waals surface area contributed by atoms with Crippen molar-refractivity contribution < 1.29 is 14.3 Å². The number of anilines is 2. The van der Waals surface area contributed by atoms with Crippen LogP contribution in [-0.2, 0) is 4.79 Å². The SMILES string of the molecule is COc1ccc(C)cc1C=CC(=O)Nc1cc(C(N)=O)ccc1N1CCCCC1. The van der Waals surface area contributed by atoms with Crippen molar-refractivity contribution in [2.75, 3.05) is 30.4 Å². The number of rotatable bonds is 6. The average Bonchev–Trinajstić information content (AvgIpc) is 2.73. The lowest BCUT2D eigenvalue weighted by Crippen LogP contribution is -2.30. The van der Waals surface area contributed by atoms with Crippen molar-refractivity contribution in [1.29, 1.82) is 0 Å². The number of nitrogens with one attached hydrogen (secondary N) is 1. The van der Waals surface area contributed by atoms with Crippen LogP contribution in [0.4, 0.5) is 11.4 Å². The van der Waals surface area contributed by atoms with Crippen molar-refractivity contribution >= 4 is 29.3 Å². The Morgan fingerprint density at radius 2 is 1.86 bits per heavy atom. The third kappa shape index (κ3) is 5.16. The zero-order chi connectivity index (χ0) is 20.8. The fourth-order valence-electron chi connectivity index (χ4n) is 3.52. The molecule has 0 bridgehead atoms. The minimum Gasteiger partial charge on any atom is -0.496 e. The van der Waals surface area contributed by atoms with Crippen molar-refractivity contribution in [2.24, 2.45) is 5.73 Å². The van der Waals surface area contributed by atoms with Crippen LogP contribution in [0, 0.1) is 6.92 Å². The number of ether oxygens (including phenoxy) is 1. The van der Waals surface area contributed by atoms with Gasteiger partial charge in [0.25, 0.3) is 0 Å². The molecule has 2 aromatic rings. The number of nitrogens with zero attached hydrogens (tertiary/aromatic N) is 1. The summed E-state index contributed by atoms with van der Waals surface area (Å²) in [5.41, 5.74) is 9.19. The normalized spacial score (nSPS) is 14.1. The van der Waals surface area contributed by atoms with Gasteiger partial charge in [-0.25, -0.2) is 0 Å². The molecule has 0 radical (unpaired) electrons. The highest BCUT2D eigenvalue weighted by Crippen LogP contribution is 2.30. The largest absolute Gasteiger partial charge is 0.496 e. The summed E-state index contributed by atoms with van der Waals surface area (Å²) in [7, 11) is 1.60. The number of benzene rings is 2. The zero-order valence-corrected chi connectivity index (χ0v) is 16.9. The van der Waals surface area contributed by atoms with Crippen molar-refractivity contribution in [3.05, 3.63) is 59.2 Å². The molecule has 1 aliphatic heterocycles. The summed E-state index contributed by atoms with van der Waals surface area (Å²) in [5, 5.41) is 2.91. The molecule has 0 atom stereocenters. The van der Waals surface area contributed by atoms with Gasteiger partial charge in [-0.1, -0.05) is 11.6 Å². The number of methoxy groups -OCH3 is 1. The van der Waals surface area contributed by atoms with Crippen LogP contribution in [0.25, 0.3) is 6.08 Å². The van der Waals surface area contributed by atoms with Crippen LogP contribution in [0.5, 0.6) is 5.75 Å². The van der Waals surface area contributed by atoms with E-state index < -0.39 is 5.91 Å². The fraction of sp³-hybridized carbons (Fsp3) is 0.304. The van der Waals surface area contributed by atoms with Gasteiger partial charge in [-0.15, -0.1) is 0 Å². The van der Waals surface area contributed by atoms with E-state index in [1.165, 1.54) is 12.5 Å². The molecule has 1 fully saturated rings. The Morgan fingerprint density at radius 1 is 1.10 bits per heavy atom. The van der Waals surface area contributed by atoms with E-state index in [-0.39, 0.29) is 5.91 Å². The third-order valence-electron chi connectivity index (χ3n) is 5.04. The first kappa shape index (κ1) is 20.5. The molecule has 2 amide bonds.